The summed E-state index contributed by atoms with van der Waals surface area (Å²) in [6.45, 7) is 7.42. The van der Waals surface area contributed by atoms with E-state index in [1.165, 1.54) is 24.3 Å². The fourth-order valence-corrected chi connectivity index (χ4v) is 5.00. The van der Waals surface area contributed by atoms with Gasteiger partial charge in [-0.25, -0.2) is 0 Å². The number of rotatable bonds is 12. The Morgan fingerprint density at radius 3 is 1.70 bits per heavy atom. The van der Waals surface area contributed by atoms with Gasteiger partial charge in [0.15, 0.2) is 11.6 Å². The minimum Gasteiger partial charge on any atom is -0.492 e. The Bertz CT molecular complexity index is 1460. The molecule has 0 amide bonds. The standard InChI is InChI=1S/C33H33N3O7/c1-3-34(4-2)17-18-43-31-15-9-25(10-16-31)32(37)28-21-26(19-23-5-11-29(12-6-23)35(39)40)33(38)27(22-28)20-24-7-13-30(14-8-24)36(41)42/h5-16,19-20,28H,3-4,17-18,21-22H2,1-2H3/b26-19+,27-20+. The summed E-state index contributed by atoms with van der Waals surface area (Å²) in [7, 11) is 0. The normalized spacial score (nSPS) is 16.9. The van der Waals surface area contributed by atoms with E-state index in [1.807, 2.05) is 0 Å². The van der Waals surface area contributed by atoms with E-state index in [4.69, 9.17) is 4.74 Å². The number of nitro benzene ring substituents is 2. The lowest BCUT2D eigenvalue weighted by Gasteiger charge is -2.25. The summed E-state index contributed by atoms with van der Waals surface area (Å²) < 4.78 is 5.85. The van der Waals surface area contributed by atoms with Crippen LogP contribution in [0.2, 0.25) is 0 Å². The Morgan fingerprint density at radius 1 is 0.814 bits per heavy atom. The first kappa shape index (κ1) is 31.0. The fourth-order valence-electron chi connectivity index (χ4n) is 5.00. The molecule has 1 aliphatic carbocycles. The van der Waals surface area contributed by atoms with Gasteiger partial charge >= 0.3 is 0 Å². The zero-order valence-electron chi connectivity index (χ0n) is 24.1. The molecule has 1 aliphatic rings. The predicted molar refractivity (Wildman–Crippen MR) is 164 cm³/mol. The van der Waals surface area contributed by atoms with E-state index in [0.717, 1.165) is 19.6 Å². The highest BCUT2D eigenvalue weighted by Crippen LogP contribution is 2.35. The van der Waals surface area contributed by atoms with Gasteiger partial charge in [-0.2, -0.15) is 0 Å². The van der Waals surface area contributed by atoms with E-state index in [2.05, 4.69) is 18.7 Å². The second-order valence-electron chi connectivity index (χ2n) is 10.2. The van der Waals surface area contributed by atoms with Crippen molar-refractivity contribution >= 4 is 35.1 Å². The molecular weight excluding hydrogens is 550 g/mol. The molecule has 0 unspecified atom stereocenters. The molecule has 0 saturated heterocycles. The molecule has 1 fully saturated rings. The molecule has 0 atom stereocenters. The summed E-state index contributed by atoms with van der Waals surface area (Å²) in [6, 6.07) is 18.7. The van der Waals surface area contributed by atoms with Crippen molar-refractivity contribution in [1.82, 2.24) is 4.90 Å². The molecule has 0 heterocycles. The van der Waals surface area contributed by atoms with Crippen LogP contribution in [-0.4, -0.2) is 52.6 Å². The highest BCUT2D eigenvalue weighted by Gasteiger charge is 2.32. The number of ether oxygens (including phenoxy) is 1. The Hall–Kier alpha value is -4.96. The van der Waals surface area contributed by atoms with E-state index in [0.29, 0.717) is 40.2 Å². The maximum Gasteiger partial charge on any atom is 0.269 e. The molecule has 0 radical (unpaired) electrons. The van der Waals surface area contributed by atoms with Crippen LogP contribution < -0.4 is 4.74 Å². The lowest BCUT2D eigenvalue weighted by Crippen LogP contribution is -2.28. The molecule has 0 aromatic heterocycles. The van der Waals surface area contributed by atoms with Gasteiger partial charge in [0, 0.05) is 53.4 Å². The molecule has 0 aliphatic heterocycles. The SMILES string of the molecule is CCN(CC)CCOc1ccc(C(=O)C2C/C(=C\c3ccc([N+](=O)[O-])cc3)C(=O)/C(=C/c3ccc([N+](=O)[O-])cc3)C2)cc1. The number of carbonyl (C=O) groups is 2. The van der Waals surface area contributed by atoms with Crippen molar-refractivity contribution in [1.29, 1.82) is 0 Å². The molecule has 10 nitrogen and oxygen atoms in total. The average Bonchev–Trinajstić information content (AvgIpc) is 3.01. The second-order valence-corrected chi connectivity index (χ2v) is 10.2. The van der Waals surface area contributed by atoms with Crippen LogP contribution in [0.4, 0.5) is 11.4 Å². The quantitative estimate of drug-likeness (QED) is 0.101. The van der Waals surface area contributed by atoms with Crippen LogP contribution in [0.5, 0.6) is 5.75 Å². The van der Waals surface area contributed by atoms with Crippen LogP contribution in [0.15, 0.2) is 83.9 Å². The van der Waals surface area contributed by atoms with E-state index in [-0.39, 0.29) is 35.8 Å². The molecule has 1 saturated carbocycles. The van der Waals surface area contributed by atoms with Gasteiger partial charge in [-0.1, -0.05) is 13.8 Å². The number of non-ortho nitro benzene ring substituents is 2. The van der Waals surface area contributed by atoms with Gasteiger partial charge in [0.2, 0.25) is 0 Å². The van der Waals surface area contributed by atoms with Crippen LogP contribution in [0.25, 0.3) is 12.2 Å². The number of nitrogens with zero attached hydrogens (tertiary/aromatic N) is 3. The van der Waals surface area contributed by atoms with Gasteiger partial charge in [0.05, 0.1) is 9.85 Å². The second kappa shape index (κ2) is 14.3. The van der Waals surface area contributed by atoms with E-state index >= 15 is 0 Å². The van der Waals surface area contributed by atoms with Gasteiger partial charge < -0.3 is 9.64 Å². The number of allylic oxidation sites excluding steroid dienone is 2. The molecule has 3 aromatic carbocycles. The Balaban J connectivity index is 1.59. The van der Waals surface area contributed by atoms with Crippen LogP contribution in [0.3, 0.4) is 0 Å². The third-order valence-corrected chi connectivity index (χ3v) is 7.49. The Kier molecular flexibility index (Phi) is 10.3. The number of hydrogen-bond donors (Lipinski definition) is 0. The topological polar surface area (TPSA) is 133 Å². The van der Waals surface area contributed by atoms with E-state index < -0.39 is 15.8 Å². The lowest BCUT2D eigenvalue weighted by molar-refractivity contribution is -0.385. The fraction of sp³-hybridized carbons (Fsp3) is 0.273. The van der Waals surface area contributed by atoms with Gasteiger partial charge in [-0.15, -0.1) is 0 Å². The summed E-state index contributed by atoms with van der Waals surface area (Å²) in [5.41, 5.74) is 2.38. The number of benzene rings is 3. The number of Topliss-reactive ketones (excluding diaryl/α,β-unsaturated/α-hetero) is 2. The van der Waals surface area contributed by atoms with Crippen molar-refractivity contribution in [3.63, 3.8) is 0 Å². The molecule has 4 rings (SSSR count). The van der Waals surface area contributed by atoms with Crippen LogP contribution in [0.1, 0.15) is 48.2 Å². The van der Waals surface area contributed by atoms with Crippen LogP contribution >= 0.6 is 0 Å². The van der Waals surface area contributed by atoms with Crippen molar-refractivity contribution in [2.24, 2.45) is 5.92 Å². The highest BCUT2D eigenvalue weighted by molar-refractivity contribution is 6.15. The lowest BCUT2D eigenvalue weighted by atomic mass is 9.76. The first-order chi connectivity index (χ1) is 20.7. The molecule has 3 aromatic rings. The van der Waals surface area contributed by atoms with Gasteiger partial charge in [-0.3, -0.25) is 29.8 Å². The average molecular weight is 584 g/mol. The molecule has 0 N–H and O–H groups in total. The van der Waals surface area contributed by atoms with E-state index in [1.54, 1.807) is 60.7 Å². The first-order valence-electron chi connectivity index (χ1n) is 14.1. The monoisotopic (exact) mass is 583 g/mol. The number of carbonyl (C=O) groups excluding carboxylic acids is 2. The minimum absolute atomic E-state index is 0.0654. The first-order valence-corrected chi connectivity index (χ1v) is 14.1. The molecule has 0 spiro atoms. The molecule has 43 heavy (non-hydrogen) atoms. The number of hydrogen-bond acceptors (Lipinski definition) is 8. The smallest absolute Gasteiger partial charge is 0.269 e. The van der Waals surface area contributed by atoms with Crippen molar-refractivity contribution in [2.75, 3.05) is 26.2 Å². The zero-order valence-corrected chi connectivity index (χ0v) is 24.1. The zero-order chi connectivity index (χ0) is 30.9. The van der Waals surface area contributed by atoms with E-state index in [9.17, 15) is 29.8 Å². The van der Waals surface area contributed by atoms with Crippen molar-refractivity contribution in [3.8, 4) is 5.75 Å². The van der Waals surface area contributed by atoms with Crippen LogP contribution in [0, 0.1) is 26.1 Å². The summed E-state index contributed by atoms with van der Waals surface area (Å²) in [6.07, 6.45) is 3.72. The molecule has 222 valence electrons. The third kappa shape index (κ3) is 8.08. The molecular formula is C33H33N3O7. The van der Waals surface area contributed by atoms with Gasteiger partial charge in [0.25, 0.3) is 11.4 Å². The van der Waals surface area contributed by atoms with Crippen molar-refractivity contribution in [2.45, 2.75) is 26.7 Å². The van der Waals surface area contributed by atoms with Crippen molar-refractivity contribution in [3.05, 3.63) is 121 Å². The third-order valence-electron chi connectivity index (χ3n) is 7.49. The summed E-state index contributed by atoms with van der Waals surface area (Å²) in [5.74, 6) is -0.218. The summed E-state index contributed by atoms with van der Waals surface area (Å²) >= 11 is 0. The summed E-state index contributed by atoms with van der Waals surface area (Å²) in [4.78, 5) is 50.6. The predicted octanol–water partition coefficient (Wildman–Crippen LogP) is 6.55. The minimum atomic E-state index is -0.527. The number of likely N-dealkylation sites (N-methyl/N-ethyl adjacent to an activating group) is 1. The Labute approximate surface area is 249 Å². The largest absolute Gasteiger partial charge is 0.492 e. The number of nitro groups is 2. The molecule has 10 heteroatoms. The number of ketones is 2. The summed E-state index contributed by atoms with van der Waals surface area (Å²) in [5, 5.41) is 22.1. The maximum atomic E-state index is 13.7. The van der Waals surface area contributed by atoms with Gasteiger partial charge in [-0.05, 0) is 97.7 Å². The highest BCUT2D eigenvalue weighted by atomic mass is 16.6. The van der Waals surface area contributed by atoms with Crippen LogP contribution in [-0.2, 0) is 4.79 Å². The Morgan fingerprint density at radius 2 is 1.28 bits per heavy atom. The molecule has 0 bridgehead atoms. The van der Waals surface area contributed by atoms with Gasteiger partial charge in [0.1, 0.15) is 12.4 Å². The van der Waals surface area contributed by atoms with Crippen molar-refractivity contribution < 1.29 is 24.2 Å². The maximum absolute atomic E-state index is 13.7.